The molecule has 0 fully saturated rings. The number of hydrogen-bond donors (Lipinski definition) is 2. The summed E-state index contributed by atoms with van der Waals surface area (Å²) < 4.78 is 4.82. The lowest BCUT2D eigenvalue weighted by molar-refractivity contribution is -0.136. The molecular weight excluding hydrogens is 422 g/mol. The van der Waals surface area contributed by atoms with Gasteiger partial charge in [0.15, 0.2) is 0 Å². The summed E-state index contributed by atoms with van der Waals surface area (Å²) in [6.45, 7) is 1.86. The maximum atomic E-state index is 12.8. The van der Waals surface area contributed by atoms with Crippen molar-refractivity contribution in [3.05, 3.63) is 58.3 Å². The minimum absolute atomic E-state index is 0.0719. The fourth-order valence-electron chi connectivity index (χ4n) is 3.38. The number of aliphatic hydroxyl groups excluding tert-OH is 1. The fraction of sp³-hybridized carbons (Fsp3) is 0.238. The van der Waals surface area contributed by atoms with Crippen LogP contribution in [0.2, 0.25) is 5.02 Å². The van der Waals surface area contributed by atoms with Gasteiger partial charge in [-0.3, -0.25) is 4.79 Å². The van der Waals surface area contributed by atoms with Crippen molar-refractivity contribution in [3.63, 3.8) is 0 Å². The van der Waals surface area contributed by atoms with E-state index < -0.39 is 5.97 Å². The van der Waals surface area contributed by atoms with Gasteiger partial charge in [-0.05, 0) is 48.9 Å². The van der Waals surface area contributed by atoms with Gasteiger partial charge in [-0.1, -0.05) is 11.6 Å². The highest BCUT2D eigenvalue weighted by molar-refractivity contribution is 6.30. The molecule has 0 unspecified atom stereocenters. The van der Waals surface area contributed by atoms with E-state index in [1.165, 1.54) is 16.8 Å². The number of aryl methyl sites for hydroxylation is 1. The van der Waals surface area contributed by atoms with Crippen LogP contribution in [0.3, 0.4) is 0 Å². The van der Waals surface area contributed by atoms with Crippen LogP contribution in [-0.2, 0) is 14.3 Å². The highest BCUT2D eigenvalue weighted by Crippen LogP contribution is 2.27. The average molecular weight is 442 g/mol. The molecule has 0 bridgehead atoms. The lowest BCUT2D eigenvalue weighted by Crippen LogP contribution is -2.31. The van der Waals surface area contributed by atoms with Crippen molar-refractivity contribution in [2.75, 3.05) is 32.1 Å². The summed E-state index contributed by atoms with van der Waals surface area (Å²) in [5.74, 6) is -0.970. The molecule has 0 aliphatic carbocycles. The van der Waals surface area contributed by atoms with Crippen LogP contribution in [0.25, 0.3) is 16.7 Å². The van der Waals surface area contributed by atoms with Crippen LogP contribution in [0, 0.1) is 6.92 Å². The number of hydrogen-bond acceptors (Lipinski definition) is 7. The van der Waals surface area contributed by atoms with Crippen molar-refractivity contribution < 1.29 is 19.4 Å². The van der Waals surface area contributed by atoms with E-state index in [1.54, 1.807) is 18.2 Å². The summed E-state index contributed by atoms with van der Waals surface area (Å²) in [4.78, 5) is 27.9. The van der Waals surface area contributed by atoms with Gasteiger partial charge in [-0.2, -0.15) is 4.80 Å². The van der Waals surface area contributed by atoms with E-state index in [0.717, 1.165) is 11.3 Å². The number of fused-ring (bicyclic) bond motifs is 1. The van der Waals surface area contributed by atoms with E-state index in [1.807, 2.05) is 25.1 Å². The van der Waals surface area contributed by atoms with E-state index in [9.17, 15) is 14.7 Å². The number of halogens is 1. The molecule has 9 nitrogen and oxygen atoms in total. The number of amides is 1. The number of aromatic nitrogens is 3. The largest absolute Gasteiger partial charge is 0.466 e. The number of carbonyl (C=O) groups excluding carboxylic acids is 2. The van der Waals surface area contributed by atoms with Crippen LogP contribution in [0.4, 0.5) is 5.69 Å². The third-order valence-corrected chi connectivity index (χ3v) is 5.25. The van der Waals surface area contributed by atoms with Gasteiger partial charge in [-0.25, -0.2) is 4.79 Å². The summed E-state index contributed by atoms with van der Waals surface area (Å²) >= 11 is 5.95. The van der Waals surface area contributed by atoms with E-state index >= 15 is 0 Å². The second-order valence-corrected chi connectivity index (χ2v) is 7.48. The van der Waals surface area contributed by atoms with Crippen molar-refractivity contribution in [2.45, 2.75) is 6.92 Å². The van der Waals surface area contributed by atoms with Gasteiger partial charge in [0.05, 0.1) is 31.5 Å². The Morgan fingerprint density at radius 1 is 1.23 bits per heavy atom. The molecule has 4 rings (SSSR count). The first-order valence-electron chi connectivity index (χ1n) is 9.53. The monoisotopic (exact) mass is 441 g/mol. The second-order valence-electron chi connectivity index (χ2n) is 7.04. The smallest absolute Gasteiger partial charge is 0.337 e. The number of anilines is 1. The highest BCUT2D eigenvalue weighted by atomic mass is 35.5. The number of carbonyl (C=O) groups is 2. The predicted molar refractivity (Wildman–Crippen MR) is 115 cm³/mol. The van der Waals surface area contributed by atoms with E-state index in [-0.39, 0.29) is 36.9 Å². The first kappa shape index (κ1) is 20.8. The van der Waals surface area contributed by atoms with Crippen molar-refractivity contribution in [1.82, 2.24) is 19.9 Å². The van der Waals surface area contributed by atoms with Crippen LogP contribution in [0.5, 0.6) is 0 Å². The van der Waals surface area contributed by atoms with Gasteiger partial charge in [-0.15, -0.1) is 10.2 Å². The minimum Gasteiger partial charge on any atom is -0.466 e. The number of rotatable bonds is 6. The van der Waals surface area contributed by atoms with Crippen molar-refractivity contribution >= 4 is 40.2 Å². The fourth-order valence-corrected chi connectivity index (χ4v) is 3.50. The number of methoxy groups -OCH3 is 1. The van der Waals surface area contributed by atoms with Gasteiger partial charge >= 0.3 is 5.97 Å². The Kier molecular flexibility index (Phi) is 5.62. The Balaban J connectivity index is 1.70. The van der Waals surface area contributed by atoms with E-state index in [4.69, 9.17) is 16.3 Å². The number of aliphatic hydroxyl groups is 1. The minimum atomic E-state index is -0.594. The highest BCUT2D eigenvalue weighted by Gasteiger charge is 2.34. The molecule has 1 amide bonds. The molecule has 2 aromatic carbocycles. The molecular formula is C21H20ClN5O4. The normalized spacial score (nSPS) is 13.9. The summed E-state index contributed by atoms with van der Waals surface area (Å²) in [5, 5.41) is 21.9. The number of β-amino-alcohol motifs (C(OH)–C–C–N with tert-alkyl or cyclic N) is 1. The second kappa shape index (κ2) is 8.37. The Hall–Kier alpha value is -3.43. The van der Waals surface area contributed by atoms with Crippen LogP contribution >= 0.6 is 11.6 Å². The number of benzene rings is 2. The summed E-state index contributed by atoms with van der Waals surface area (Å²) in [6.07, 6.45) is 0. The molecule has 1 aromatic heterocycles. The van der Waals surface area contributed by atoms with Crippen LogP contribution in [0.15, 0.2) is 47.7 Å². The Morgan fingerprint density at radius 3 is 2.55 bits per heavy atom. The Labute approximate surface area is 182 Å². The Bertz CT molecular complexity index is 1200. The molecule has 0 saturated carbocycles. The SMILES string of the molecule is COC(=O)C1=C(Nc2cc3nn(-c4ccc(Cl)cc4)nc3cc2C)C(=O)N(CCO)C1. The van der Waals surface area contributed by atoms with Crippen molar-refractivity contribution in [3.8, 4) is 5.69 Å². The zero-order valence-electron chi connectivity index (χ0n) is 16.9. The lowest BCUT2D eigenvalue weighted by atomic mass is 10.1. The topological polar surface area (TPSA) is 110 Å². The van der Waals surface area contributed by atoms with Gasteiger partial charge in [0.2, 0.25) is 0 Å². The third-order valence-electron chi connectivity index (χ3n) is 5.00. The summed E-state index contributed by atoms with van der Waals surface area (Å²) in [5.41, 5.74) is 3.83. The number of esters is 1. The molecule has 31 heavy (non-hydrogen) atoms. The van der Waals surface area contributed by atoms with Crippen molar-refractivity contribution in [2.24, 2.45) is 0 Å². The molecule has 1 aliphatic rings. The molecule has 2 heterocycles. The molecule has 0 saturated heterocycles. The maximum absolute atomic E-state index is 12.8. The third kappa shape index (κ3) is 3.97. The first-order valence-corrected chi connectivity index (χ1v) is 9.91. The van der Waals surface area contributed by atoms with Crippen LogP contribution in [-0.4, -0.2) is 63.7 Å². The van der Waals surface area contributed by atoms with Crippen LogP contribution < -0.4 is 5.32 Å². The molecule has 3 aromatic rings. The average Bonchev–Trinajstić information content (AvgIpc) is 3.30. The zero-order valence-corrected chi connectivity index (χ0v) is 17.7. The molecule has 160 valence electrons. The summed E-state index contributed by atoms with van der Waals surface area (Å²) in [7, 11) is 1.26. The molecule has 2 N–H and O–H groups in total. The van der Waals surface area contributed by atoms with Gasteiger partial charge in [0.25, 0.3) is 5.91 Å². The molecule has 10 heteroatoms. The molecule has 0 spiro atoms. The quantitative estimate of drug-likeness (QED) is 0.563. The lowest BCUT2D eigenvalue weighted by Gasteiger charge is -2.15. The predicted octanol–water partition coefficient (Wildman–Crippen LogP) is 2.06. The number of nitrogens with one attached hydrogen (secondary N) is 1. The summed E-state index contributed by atoms with van der Waals surface area (Å²) in [6, 6.07) is 10.8. The first-order chi connectivity index (χ1) is 14.9. The zero-order chi connectivity index (χ0) is 22.1. The molecule has 0 radical (unpaired) electrons. The Morgan fingerprint density at radius 2 is 1.90 bits per heavy atom. The van der Waals surface area contributed by atoms with Crippen molar-refractivity contribution in [1.29, 1.82) is 0 Å². The van der Waals surface area contributed by atoms with E-state index in [2.05, 4.69) is 15.5 Å². The number of nitrogens with zero attached hydrogens (tertiary/aromatic N) is 4. The maximum Gasteiger partial charge on any atom is 0.337 e. The molecule has 0 atom stereocenters. The van der Waals surface area contributed by atoms with Gasteiger partial charge < -0.3 is 20.1 Å². The van der Waals surface area contributed by atoms with Gasteiger partial charge in [0, 0.05) is 17.3 Å². The number of ether oxygens (including phenoxy) is 1. The standard InChI is InChI=1S/C21H20ClN5O4/c1-12-9-17-18(25-27(24-17)14-5-3-13(22)4-6-14)10-16(12)23-19-15(21(30)31-2)11-26(7-8-28)20(19)29/h3-6,9-10,23,28H,7-8,11H2,1-2H3. The van der Waals surface area contributed by atoms with Crippen LogP contribution in [0.1, 0.15) is 5.56 Å². The van der Waals surface area contributed by atoms with Gasteiger partial charge in [0.1, 0.15) is 16.7 Å². The van der Waals surface area contributed by atoms with E-state index in [0.29, 0.717) is 21.7 Å². The molecule has 1 aliphatic heterocycles.